The van der Waals surface area contributed by atoms with Crippen LogP contribution < -0.4 is 10.6 Å². The van der Waals surface area contributed by atoms with Gasteiger partial charge in [0.25, 0.3) is 0 Å². The van der Waals surface area contributed by atoms with E-state index in [1.54, 1.807) is 0 Å². The maximum Gasteiger partial charge on any atom is 0.305 e. The van der Waals surface area contributed by atoms with Gasteiger partial charge in [0.15, 0.2) is 0 Å². The fourth-order valence-corrected chi connectivity index (χ4v) is 2.37. The number of aliphatic carboxylic acids is 1. The van der Waals surface area contributed by atoms with Crippen LogP contribution in [0.25, 0.3) is 0 Å². The Hall–Kier alpha value is -0.650. The Morgan fingerprint density at radius 2 is 2.06 bits per heavy atom. The van der Waals surface area contributed by atoms with Gasteiger partial charge in [-0.3, -0.25) is 4.79 Å². The van der Waals surface area contributed by atoms with Crippen LogP contribution in [-0.2, 0) is 4.79 Å². The Labute approximate surface area is 104 Å². The SMILES string of the molecule is CN(C)CC(C)(C)CNC1(CC(=O)O)CNC1. The summed E-state index contributed by atoms with van der Waals surface area (Å²) in [5, 5.41) is 15.5. The van der Waals surface area contributed by atoms with Crippen molar-refractivity contribution in [2.75, 3.05) is 40.3 Å². The molecule has 0 saturated carbocycles. The molecule has 1 fully saturated rings. The summed E-state index contributed by atoms with van der Waals surface area (Å²) in [4.78, 5) is 13.0. The van der Waals surface area contributed by atoms with Crippen molar-refractivity contribution in [1.82, 2.24) is 15.5 Å². The number of carboxylic acid groups (broad SMARTS) is 1. The van der Waals surface area contributed by atoms with Crippen molar-refractivity contribution < 1.29 is 9.90 Å². The number of nitrogens with one attached hydrogen (secondary N) is 2. The van der Waals surface area contributed by atoms with Gasteiger partial charge >= 0.3 is 5.97 Å². The first kappa shape index (κ1) is 14.4. The van der Waals surface area contributed by atoms with Crippen LogP contribution >= 0.6 is 0 Å². The summed E-state index contributed by atoms with van der Waals surface area (Å²) in [6.45, 7) is 7.70. The van der Waals surface area contributed by atoms with Crippen LogP contribution in [0.5, 0.6) is 0 Å². The molecule has 0 bridgehead atoms. The molecule has 5 heteroatoms. The predicted molar refractivity (Wildman–Crippen MR) is 68.2 cm³/mol. The first-order chi connectivity index (χ1) is 7.75. The summed E-state index contributed by atoms with van der Waals surface area (Å²) < 4.78 is 0. The van der Waals surface area contributed by atoms with Gasteiger partial charge in [-0.05, 0) is 19.5 Å². The number of hydrogen-bond donors (Lipinski definition) is 3. The van der Waals surface area contributed by atoms with Gasteiger partial charge in [0.05, 0.1) is 12.0 Å². The Morgan fingerprint density at radius 1 is 1.47 bits per heavy atom. The Morgan fingerprint density at radius 3 is 2.41 bits per heavy atom. The lowest BCUT2D eigenvalue weighted by atomic mass is 9.85. The summed E-state index contributed by atoms with van der Waals surface area (Å²) in [6, 6.07) is 0. The molecule has 0 atom stereocenters. The molecule has 0 spiro atoms. The molecule has 1 aliphatic heterocycles. The number of rotatable bonds is 7. The van der Waals surface area contributed by atoms with E-state index in [-0.39, 0.29) is 17.4 Å². The minimum Gasteiger partial charge on any atom is -0.481 e. The second-order valence-electron chi connectivity index (χ2n) is 6.21. The highest BCUT2D eigenvalue weighted by Crippen LogP contribution is 2.20. The standard InChI is InChI=1S/C12H25N3O2/c1-11(2,9-15(3)4)6-14-12(5-10(16)17)7-13-8-12/h13-14H,5-9H2,1-4H3,(H,16,17). The molecule has 1 heterocycles. The van der Waals surface area contributed by atoms with Crippen molar-refractivity contribution in [3.63, 3.8) is 0 Å². The molecule has 0 aliphatic carbocycles. The second kappa shape index (κ2) is 5.33. The fraction of sp³-hybridized carbons (Fsp3) is 0.917. The van der Waals surface area contributed by atoms with Gasteiger partial charge in [-0.25, -0.2) is 0 Å². The van der Waals surface area contributed by atoms with Crippen LogP contribution in [0.2, 0.25) is 0 Å². The molecule has 3 N–H and O–H groups in total. The molecule has 0 aromatic rings. The maximum absolute atomic E-state index is 10.8. The van der Waals surface area contributed by atoms with E-state index in [2.05, 4.69) is 43.5 Å². The van der Waals surface area contributed by atoms with Gasteiger partial charge < -0.3 is 20.6 Å². The molecule has 17 heavy (non-hydrogen) atoms. The Kier molecular flexibility index (Phi) is 4.52. The van der Waals surface area contributed by atoms with E-state index >= 15 is 0 Å². The number of hydrogen-bond acceptors (Lipinski definition) is 4. The highest BCUT2D eigenvalue weighted by molar-refractivity contribution is 5.68. The zero-order valence-electron chi connectivity index (χ0n) is 11.3. The highest BCUT2D eigenvalue weighted by Gasteiger charge is 2.39. The first-order valence-electron chi connectivity index (χ1n) is 6.07. The average Bonchev–Trinajstić information content (AvgIpc) is 2.06. The molecular weight excluding hydrogens is 218 g/mol. The quantitative estimate of drug-likeness (QED) is 0.586. The van der Waals surface area contributed by atoms with E-state index < -0.39 is 5.97 Å². The number of nitrogens with zero attached hydrogens (tertiary/aromatic N) is 1. The summed E-state index contributed by atoms with van der Waals surface area (Å²) in [5.41, 5.74) is -0.0972. The monoisotopic (exact) mass is 243 g/mol. The summed E-state index contributed by atoms with van der Waals surface area (Å²) >= 11 is 0. The van der Waals surface area contributed by atoms with Crippen molar-refractivity contribution in [2.45, 2.75) is 25.8 Å². The Bertz CT molecular complexity index is 273. The van der Waals surface area contributed by atoms with E-state index in [1.807, 2.05) is 0 Å². The van der Waals surface area contributed by atoms with E-state index in [4.69, 9.17) is 5.11 Å². The molecule has 100 valence electrons. The van der Waals surface area contributed by atoms with Gasteiger partial charge in [-0.2, -0.15) is 0 Å². The van der Waals surface area contributed by atoms with Crippen LogP contribution in [0.15, 0.2) is 0 Å². The van der Waals surface area contributed by atoms with Gasteiger partial charge in [0.2, 0.25) is 0 Å². The normalized spacial score (nSPS) is 19.1. The zero-order chi connectivity index (χ0) is 13.1. The molecule has 0 aromatic carbocycles. The molecule has 1 rings (SSSR count). The molecule has 0 unspecified atom stereocenters. The van der Waals surface area contributed by atoms with Gasteiger partial charge in [-0.15, -0.1) is 0 Å². The van der Waals surface area contributed by atoms with E-state index in [9.17, 15) is 4.79 Å². The smallest absolute Gasteiger partial charge is 0.305 e. The van der Waals surface area contributed by atoms with Gasteiger partial charge in [0, 0.05) is 26.2 Å². The molecule has 5 nitrogen and oxygen atoms in total. The van der Waals surface area contributed by atoms with Gasteiger partial charge in [0.1, 0.15) is 0 Å². The largest absolute Gasteiger partial charge is 0.481 e. The van der Waals surface area contributed by atoms with Crippen molar-refractivity contribution >= 4 is 5.97 Å². The lowest BCUT2D eigenvalue weighted by Crippen LogP contribution is -2.69. The van der Waals surface area contributed by atoms with Crippen molar-refractivity contribution in [3.05, 3.63) is 0 Å². The molecule has 0 radical (unpaired) electrons. The first-order valence-corrected chi connectivity index (χ1v) is 6.07. The fourth-order valence-electron chi connectivity index (χ4n) is 2.37. The summed E-state index contributed by atoms with van der Waals surface area (Å²) in [6.07, 6.45) is 0.193. The number of carbonyl (C=O) groups is 1. The minimum atomic E-state index is -0.732. The van der Waals surface area contributed by atoms with Crippen molar-refractivity contribution in [3.8, 4) is 0 Å². The predicted octanol–water partition coefficient (Wildman–Crippen LogP) is -0.0195. The zero-order valence-corrected chi connectivity index (χ0v) is 11.3. The third-order valence-corrected chi connectivity index (χ3v) is 3.10. The van der Waals surface area contributed by atoms with Gasteiger partial charge in [-0.1, -0.05) is 13.8 Å². The second-order valence-corrected chi connectivity index (χ2v) is 6.21. The maximum atomic E-state index is 10.8. The lowest BCUT2D eigenvalue weighted by Gasteiger charge is -2.44. The molecule has 0 amide bonds. The van der Waals surface area contributed by atoms with E-state index in [0.29, 0.717) is 0 Å². The van der Waals surface area contributed by atoms with E-state index in [1.165, 1.54) is 0 Å². The van der Waals surface area contributed by atoms with Crippen LogP contribution in [-0.4, -0.2) is 61.8 Å². The molecule has 1 aliphatic rings. The highest BCUT2D eigenvalue weighted by atomic mass is 16.4. The number of carboxylic acids is 1. The van der Waals surface area contributed by atoms with Crippen LogP contribution in [0.1, 0.15) is 20.3 Å². The average molecular weight is 243 g/mol. The van der Waals surface area contributed by atoms with Crippen molar-refractivity contribution in [2.24, 2.45) is 5.41 Å². The summed E-state index contributed by atoms with van der Waals surface area (Å²) in [7, 11) is 4.11. The Balaban J connectivity index is 2.44. The molecule has 0 aromatic heterocycles. The lowest BCUT2D eigenvalue weighted by molar-refractivity contribution is -0.139. The topological polar surface area (TPSA) is 64.6 Å². The van der Waals surface area contributed by atoms with Crippen LogP contribution in [0.3, 0.4) is 0 Å². The molecule has 1 saturated heterocycles. The van der Waals surface area contributed by atoms with Crippen LogP contribution in [0, 0.1) is 5.41 Å². The minimum absolute atomic E-state index is 0.143. The summed E-state index contributed by atoms with van der Waals surface area (Å²) in [5.74, 6) is -0.732. The third kappa shape index (κ3) is 4.61. The molecular formula is C12H25N3O2. The van der Waals surface area contributed by atoms with E-state index in [0.717, 1.165) is 26.2 Å². The van der Waals surface area contributed by atoms with Crippen LogP contribution in [0.4, 0.5) is 0 Å². The van der Waals surface area contributed by atoms with Crippen molar-refractivity contribution in [1.29, 1.82) is 0 Å². The third-order valence-electron chi connectivity index (χ3n) is 3.10.